The Morgan fingerprint density at radius 2 is 2.04 bits per heavy atom. The minimum Gasteiger partial charge on any atom is -0.395 e. The van der Waals surface area contributed by atoms with E-state index in [1.54, 1.807) is 0 Å². The fraction of sp³-hybridized carbons (Fsp3) is 0.385. The number of halogens is 1. The SMILES string of the molecule is O=c1[nH]c(=O)c2cc(S(=O)(=O)N3C[C@@H](F)C[C@H]3CO)ccc2[nH]1. The largest absolute Gasteiger partial charge is 0.395 e. The molecular formula is C13H14FN3O5S. The molecule has 3 N–H and O–H groups in total. The van der Waals surface area contributed by atoms with Crippen molar-refractivity contribution in [1.29, 1.82) is 0 Å². The lowest BCUT2D eigenvalue weighted by Crippen LogP contribution is -2.37. The lowest BCUT2D eigenvalue weighted by atomic mass is 10.2. The molecule has 0 bridgehead atoms. The van der Waals surface area contributed by atoms with Crippen LogP contribution in [0.5, 0.6) is 0 Å². The molecule has 1 aromatic carbocycles. The van der Waals surface area contributed by atoms with Gasteiger partial charge in [-0.1, -0.05) is 0 Å². The van der Waals surface area contributed by atoms with Gasteiger partial charge in [0.25, 0.3) is 5.56 Å². The Labute approximate surface area is 129 Å². The maximum atomic E-state index is 13.5. The number of hydrogen-bond acceptors (Lipinski definition) is 5. The van der Waals surface area contributed by atoms with Gasteiger partial charge in [0.2, 0.25) is 10.0 Å². The van der Waals surface area contributed by atoms with E-state index < -0.39 is 40.1 Å². The first-order valence-electron chi connectivity index (χ1n) is 6.86. The molecule has 0 unspecified atom stereocenters. The molecule has 1 fully saturated rings. The first-order chi connectivity index (χ1) is 10.8. The Kier molecular flexibility index (Phi) is 3.82. The standard InChI is InChI=1S/C13H14FN3O5S/c14-7-3-8(6-18)17(5-7)23(21,22)9-1-2-11-10(4-9)12(19)16-13(20)15-11/h1-2,4,7-8,18H,3,5-6H2,(H2,15,16,19,20)/t7-,8-/m0/s1. The van der Waals surface area contributed by atoms with Gasteiger partial charge in [0.1, 0.15) is 6.17 Å². The second kappa shape index (κ2) is 5.55. The van der Waals surface area contributed by atoms with Gasteiger partial charge in [-0.3, -0.25) is 9.78 Å². The van der Waals surface area contributed by atoms with Crippen LogP contribution < -0.4 is 11.2 Å². The fourth-order valence-corrected chi connectivity index (χ4v) is 4.41. The molecule has 124 valence electrons. The lowest BCUT2D eigenvalue weighted by molar-refractivity contribution is 0.213. The van der Waals surface area contributed by atoms with E-state index in [2.05, 4.69) is 4.98 Å². The van der Waals surface area contributed by atoms with Gasteiger partial charge in [-0.25, -0.2) is 17.6 Å². The Morgan fingerprint density at radius 1 is 1.30 bits per heavy atom. The van der Waals surface area contributed by atoms with Crippen LogP contribution in [0.25, 0.3) is 10.9 Å². The molecule has 10 heteroatoms. The smallest absolute Gasteiger partial charge is 0.326 e. The summed E-state index contributed by atoms with van der Waals surface area (Å²) in [4.78, 5) is 27.2. The van der Waals surface area contributed by atoms with Crippen LogP contribution in [0, 0.1) is 0 Å². The highest BCUT2D eigenvalue weighted by Gasteiger charge is 2.40. The molecule has 0 aliphatic carbocycles. The number of aromatic nitrogens is 2. The molecule has 0 spiro atoms. The van der Waals surface area contributed by atoms with Crippen LogP contribution in [0.1, 0.15) is 6.42 Å². The third-order valence-electron chi connectivity index (χ3n) is 3.84. The summed E-state index contributed by atoms with van der Waals surface area (Å²) in [5.74, 6) is 0. The Bertz CT molecular complexity index is 967. The predicted octanol–water partition coefficient (Wildman–Crippen LogP) is -0.690. The molecule has 3 rings (SSSR count). The predicted molar refractivity (Wildman–Crippen MR) is 79.5 cm³/mol. The van der Waals surface area contributed by atoms with Crippen molar-refractivity contribution in [1.82, 2.24) is 14.3 Å². The van der Waals surface area contributed by atoms with Crippen LogP contribution in [-0.2, 0) is 10.0 Å². The molecule has 8 nitrogen and oxygen atoms in total. The maximum absolute atomic E-state index is 13.5. The van der Waals surface area contributed by atoms with Crippen molar-refractivity contribution in [3.05, 3.63) is 39.0 Å². The zero-order chi connectivity index (χ0) is 16.8. The number of benzene rings is 1. The summed E-state index contributed by atoms with van der Waals surface area (Å²) in [6.45, 7) is -0.825. The molecule has 1 aromatic heterocycles. The van der Waals surface area contributed by atoms with E-state index >= 15 is 0 Å². The van der Waals surface area contributed by atoms with E-state index in [9.17, 15) is 27.5 Å². The van der Waals surface area contributed by atoms with E-state index in [-0.39, 0.29) is 28.8 Å². The first kappa shape index (κ1) is 15.8. The van der Waals surface area contributed by atoms with Crippen molar-refractivity contribution >= 4 is 20.9 Å². The van der Waals surface area contributed by atoms with Crippen molar-refractivity contribution in [2.45, 2.75) is 23.5 Å². The molecule has 0 radical (unpaired) electrons. The highest BCUT2D eigenvalue weighted by Crippen LogP contribution is 2.28. The molecular weight excluding hydrogens is 329 g/mol. The molecule has 23 heavy (non-hydrogen) atoms. The van der Waals surface area contributed by atoms with Crippen molar-refractivity contribution in [3.63, 3.8) is 0 Å². The van der Waals surface area contributed by atoms with Gasteiger partial charge in [0.05, 0.1) is 28.4 Å². The van der Waals surface area contributed by atoms with Gasteiger partial charge in [0.15, 0.2) is 0 Å². The monoisotopic (exact) mass is 343 g/mol. The van der Waals surface area contributed by atoms with Gasteiger partial charge in [-0.05, 0) is 24.6 Å². The molecule has 0 saturated carbocycles. The molecule has 1 saturated heterocycles. The minimum atomic E-state index is -4.06. The van der Waals surface area contributed by atoms with E-state index in [0.717, 1.165) is 10.4 Å². The molecule has 2 atom stereocenters. The lowest BCUT2D eigenvalue weighted by Gasteiger charge is -2.22. The number of nitrogens with zero attached hydrogens (tertiary/aromatic N) is 1. The maximum Gasteiger partial charge on any atom is 0.326 e. The number of alkyl halides is 1. The van der Waals surface area contributed by atoms with E-state index in [0.29, 0.717) is 0 Å². The van der Waals surface area contributed by atoms with Crippen LogP contribution in [0.3, 0.4) is 0 Å². The zero-order valence-electron chi connectivity index (χ0n) is 11.8. The molecule has 1 aliphatic rings. The number of aliphatic hydroxyl groups excluding tert-OH is 1. The van der Waals surface area contributed by atoms with Crippen LogP contribution in [0.4, 0.5) is 4.39 Å². The number of H-pyrrole nitrogens is 2. The third-order valence-corrected chi connectivity index (χ3v) is 5.76. The Morgan fingerprint density at radius 3 is 2.74 bits per heavy atom. The van der Waals surface area contributed by atoms with Gasteiger partial charge < -0.3 is 10.1 Å². The summed E-state index contributed by atoms with van der Waals surface area (Å²) in [5, 5.41) is 9.25. The second-order valence-electron chi connectivity index (χ2n) is 5.36. The number of aromatic amines is 2. The summed E-state index contributed by atoms with van der Waals surface area (Å²) in [6, 6.07) is 2.82. The van der Waals surface area contributed by atoms with Crippen molar-refractivity contribution in [3.8, 4) is 0 Å². The van der Waals surface area contributed by atoms with Crippen LogP contribution in [0.15, 0.2) is 32.7 Å². The topological polar surface area (TPSA) is 123 Å². The minimum absolute atomic E-state index is 0.00205. The number of sulfonamides is 1. The zero-order valence-corrected chi connectivity index (χ0v) is 12.6. The van der Waals surface area contributed by atoms with Crippen molar-refractivity contribution < 1.29 is 17.9 Å². The van der Waals surface area contributed by atoms with Gasteiger partial charge in [-0.2, -0.15) is 4.31 Å². The van der Waals surface area contributed by atoms with Crippen LogP contribution in [0.2, 0.25) is 0 Å². The number of nitrogens with one attached hydrogen (secondary N) is 2. The molecule has 2 aromatic rings. The highest BCUT2D eigenvalue weighted by molar-refractivity contribution is 7.89. The van der Waals surface area contributed by atoms with Gasteiger partial charge >= 0.3 is 5.69 Å². The normalized spacial score (nSPS) is 22.7. The number of rotatable bonds is 3. The summed E-state index contributed by atoms with van der Waals surface area (Å²) in [7, 11) is -4.06. The number of fused-ring (bicyclic) bond motifs is 1. The quantitative estimate of drug-likeness (QED) is 0.681. The van der Waals surface area contributed by atoms with E-state index in [1.807, 2.05) is 4.98 Å². The highest BCUT2D eigenvalue weighted by atomic mass is 32.2. The van der Waals surface area contributed by atoms with Crippen LogP contribution >= 0.6 is 0 Å². The van der Waals surface area contributed by atoms with E-state index in [4.69, 9.17) is 0 Å². The third kappa shape index (κ3) is 2.69. The summed E-state index contributed by atoms with van der Waals surface area (Å²) in [6.07, 6.45) is -1.42. The second-order valence-corrected chi connectivity index (χ2v) is 7.25. The van der Waals surface area contributed by atoms with Gasteiger partial charge in [-0.15, -0.1) is 0 Å². The molecule has 2 heterocycles. The summed E-state index contributed by atoms with van der Waals surface area (Å²) >= 11 is 0. The Hall–Kier alpha value is -2.04. The van der Waals surface area contributed by atoms with E-state index in [1.165, 1.54) is 12.1 Å². The Balaban J connectivity index is 2.12. The van der Waals surface area contributed by atoms with Crippen molar-refractivity contribution in [2.24, 2.45) is 0 Å². The number of hydrogen-bond donors (Lipinski definition) is 3. The average molecular weight is 343 g/mol. The van der Waals surface area contributed by atoms with Gasteiger partial charge in [0, 0.05) is 6.54 Å². The van der Waals surface area contributed by atoms with Crippen molar-refractivity contribution in [2.75, 3.05) is 13.2 Å². The average Bonchev–Trinajstić information content (AvgIpc) is 2.88. The fourth-order valence-electron chi connectivity index (χ4n) is 2.73. The summed E-state index contributed by atoms with van der Waals surface area (Å²) in [5.41, 5.74) is -1.22. The first-order valence-corrected chi connectivity index (χ1v) is 8.30. The number of aliphatic hydroxyl groups is 1. The molecule has 1 aliphatic heterocycles. The molecule has 0 amide bonds. The summed E-state index contributed by atoms with van der Waals surface area (Å²) < 4.78 is 39.7. The van der Waals surface area contributed by atoms with Crippen LogP contribution in [-0.4, -0.2) is 53.2 Å².